The van der Waals surface area contributed by atoms with Crippen molar-refractivity contribution < 1.29 is 27.1 Å². The highest BCUT2D eigenvalue weighted by atomic mass is 32.2. The Balaban J connectivity index is 1.54. The Kier molecular flexibility index (Phi) is 7.54. The summed E-state index contributed by atoms with van der Waals surface area (Å²) >= 11 is 0. The average Bonchev–Trinajstić information content (AvgIpc) is 3.30. The van der Waals surface area contributed by atoms with Gasteiger partial charge in [-0.15, -0.1) is 0 Å². The van der Waals surface area contributed by atoms with E-state index in [0.29, 0.717) is 31.0 Å². The van der Waals surface area contributed by atoms with Crippen molar-refractivity contribution in [3.63, 3.8) is 0 Å². The summed E-state index contributed by atoms with van der Waals surface area (Å²) in [6.07, 6.45) is 1.32. The third-order valence-electron chi connectivity index (χ3n) is 5.66. The van der Waals surface area contributed by atoms with Gasteiger partial charge in [0.2, 0.25) is 11.8 Å². The highest BCUT2D eigenvalue weighted by Crippen LogP contribution is 2.26. The highest BCUT2D eigenvalue weighted by Gasteiger charge is 2.28. The number of sulfonamides is 1. The monoisotopic (exact) mass is 511 g/mol. The van der Waals surface area contributed by atoms with E-state index in [1.54, 1.807) is 29.2 Å². The van der Waals surface area contributed by atoms with Gasteiger partial charge in [-0.05, 0) is 86.1 Å². The molecule has 10 heteroatoms. The minimum Gasteiger partial charge on any atom is -0.494 e. The number of nitrogens with zero attached hydrogens (tertiary/aromatic N) is 2. The van der Waals surface area contributed by atoms with Crippen LogP contribution in [-0.2, 0) is 19.6 Å². The first-order valence-electron chi connectivity index (χ1n) is 11.5. The first kappa shape index (κ1) is 25.2. The van der Waals surface area contributed by atoms with E-state index in [0.717, 1.165) is 28.5 Å². The van der Waals surface area contributed by atoms with Crippen LogP contribution in [0.5, 0.6) is 5.75 Å². The second-order valence-corrected chi connectivity index (χ2v) is 10.00. The van der Waals surface area contributed by atoms with Gasteiger partial charge in [0.25, 0.3) is 10.0 Å². The molecule has 1 aliphatic rings. The summed E-state index contributed by atoms with van der Waals surface area (Å²) in [6.45, 7) is 2.37. The van der Waals surface area contributed by atoms with E-state index >= 15 is 0 Å². The molecule has 0 unspecified atom stereocenters. The molecular weight excluding hydrogens is 485 g/mol. The Labute approximate surface area is 209 Å². The maximum atomic E-state index is 13.5. The molecule has 3 aromatic rings. The fraction of sp³-hybridized carbons (Fsp3) is 0.231. The van der Waals surface area contributed by atoms with E-state index in [2.05, 4.69) is 5.32 Å². The van der Waals surface area contributed by atoms with Crippen LogP contribution >= 0.6 is 0 Å². The van der Waals surface area contributed by atoms with Crippen LogP contribution in [-0.4, -0.2) is 39.9 Å². The van der Waals surface area contributed by atoms with E-state index in [1.807, 2.05) is 6.92 Å². The third-order valence-corrected chi connectivity index (χ3v) is 7.45. The fourth-order valence-electron chi connectivity index (χ4n) is 3.90. The lowest BCUT2D eigenvalue weighted by Crippen LogP contribution is -2.38. The van der Waals surface area contributed by atoms with Crippen LogP contribution in [0.1, 0.15) is 19.8 Å². The van der Waals surface area contributed by atoms with Gasteiger partial charge in [-0.2, -0.15) is 0 Å². The van der Waals surface area contributed by atoms with Crippen molar-refractivity contribution in [2.24, 2.45) is 0 Å². The summed E-state index contributed by atoms with van der Waals surface area (Å²) < 4.78 is 46.8. The number of hydrogen-bond donors (Lipinski definition) is 1. The summed E-state index contributed by atoms with van der Waals surface area (Å²) in [5, 5.41) is 2.69. The lowest BCUT2D eigenvalue weighted by molar-refractivity contribution is -0.117. The second-order valence-electron chi connectivity index (χ2n) is 8.14. The van der Waals surface area contributed by atoms with Gasteiger partial charge < -0.3 is 15.0 Å². The van der Waals surface area contributed by atoms with E-state index in [1.165, 1.54) is 36.4 Å². The molecule has 4 rings (SSSR count). The largest absolute Gasteiger partial charge is 0.494 e. The summed E-state index contributed by atoms with van der Waals surface area (Å²) in [5.74, 6) is -0.542. The van der Waals surface area contributed by atoms with Crippen LogP contribution in [0.25, 0.3) is 0 Å². The first-order valence-corrected chi connectivity index (χ1v) is 12.9. The molecule has 8 nitrogen and oxygen atoms in total. The summed E-state index contributed by atoms with van der Waals surface area (Å²) in [6, 6.07) is 17.5. The molecule has 0 bridgehead atoms. The predicted molar refractivity (Wildman–Crippen MR) is 135 cm³/mol. The number of carbonyl (C=O) groups excluding carboxylic acids is 2. The minimum absolute atomic E-state index is 0.0392. The van der Waals surface area contributed by atoms with Crippen molar-refractivity contribution in [2.75, 3.05) is 34.2 Å². The Morgan fingerprint density at radius 2 is 1.69 bits per heavy atom. The molecule has 0 radical (unpaired) electrons. The smallest absolute Gasteiger partial charge is 0.264 e. The molecule has 0 aliphatic carbocycles. The van der Waals surface area contributed by atoms with Crippen LogP contribution in [0, 0.1) is 5.82 Å². The summed E-state index contributed by atoms with van der Waals surface area (Å²) in [4.78, 5) is 26.5. The molecule has 1 saturated heterocycles. The fourth-order valence-corrected chi connectivity index (χ4v) is 5.32. The van der Waals surface area contributed by atoms with Crippen molar-refractivity contribution in [1.82, 2.24) is 0 Å². The number of anilines is 3. The van der Waals surface area contributed by atoms with Gasteiger partial charge in [0.1, 0.15) is 18.1 Å². The second kappa shape index (κ2) is 10.8. The Morgan fingerprint density at radius 1 is 1.03 bits per heavy atom. The topological polar surface area (TPSA) is 96.0 Å². The zero-order valence-electron chi connectivity index (χ0n) is 19.7. The molecule has 188 valence electrons. The standard InChI is InChI=1S/C26H26FN3O5S/c1-2-35-23-13-15-24(16-14-23)36(33,34)30(22-9-5-19(27)6-10-22)18-25(31)28-20-7-11-21(12-8-20)29-17-3-4-26(29)32/h5-16H,2-4,17-18H2,1H3,(H,28,31). The molecular formula is C26H26FN3O5S. The molecule has 3 aromatic carbocycles. The van der Waals surface area contributed by atoms with Crippen molar-refractivity contribution in [1.29, 1.82) is 0 Å². The number of nitrogens with one attached hydrogen (secondary N) is 1. The third kappa shape index (κ3) is 5.65. The van der Waals surface area contributed by atoms with Gasteiger partial charge in [0, 0.05) is 24.3 Å². The van der Waals surface area contributed by atoms with Crippen molar-refractivity contribution in [3.8, 4) is 5.75 Å². The number of carbonyl (C=O) groups is 2. The number of hydrogen-bond acceptors (Lipinski definition) is 5. The van der Waals surface area contributed by atoms with Crippen LogP contribution in [0.4, 0.5) is 21.5 Å². The van der Waals surface area contributed by atoms with E-state index in [-0.39, 0.29) is 16.5 Å². The average molecular weight is 512 g/mol. The van der Waals surface area contributed by atoms with E-state index in [9.17, 15) is 22.4 Å². The number of ether oxygens (including phenoxy) is 1. The first-order chi connectivity index (χ1) is 17.3. The molecule has 1 heterocycles. The molecule has 0 saturated carbocycles. The number of benzene rings is 3. The van der Waals surface area contributed by atoms with Gasteiger partial charge in [-0.1, -0.05) is 0 Å². The van der Waals surface area contributed by atoms with Crippen LogP contribution in [0.3, 0.4) is 0 Å². The van der Waals surface area contributed by atoms with Crippen molar-refractivity contribution >= 4 is 38.9 Å². The van der Waals surface area contributed by atoms with Gasteiger partial charge in [0.05, 0.1) is 17.2 Å². The number of amides is 2. The molecule has 0 spiro atoms. The quantitative estimate of drug-likeness (QED) is 0.465. The maximum absolute atomic E-state index is 13.5. The Bertz CT molecular complexity index is 1330. The maximum Gasteiger partial charge on any atom is 0.264 e. The lowest BCUT2D eigenvalue weighted by atomic mass is 10.2. The molecule has 0 aromatic heterocycles. The molecule has 36 heavy (non-hydrogen) atoms. The minimum atomic E-state index is -4.16. The summed E-state index contributed by atoms with van der Waals surface area (Å²) in [7, 11) is -4.16. The van der Waals surface area contributed by atoms with Crippen LogP contribution in [0.15, 0.2) is 77.7 Å². The number of rotatable bonds is 9. The normalized spacial score (nSPS) is 13.5. The molecule has 1 N–H and O–H groups in total. The van der Waals surface area contributed by atoms with Gasteiger partial charge in [-0.3, -0.25) is 13.9 Å². The lowest BCUT2D eigenvalue weighted by Gasteiger charge is -2.24. The van der Waals surface area contributed by atoms with Crippen LogP contribution < -0.4 is 19.3 Å². The molecule has 0 atom stereocenters. The van der Waals surface area contributed by atoms with Gasteiger partial charge in [-0.25, -0.2) is 12.8 Å². The Morgan fingerprint density at radius 3 is 2.28 bits per heavy atom. The van der Waals surface area contributed by atoms with E-state index < -0.39 is 28.3 Å². The Hall–Kier alpha value is -3.92. The molecule has 1 aliphatic heterocycles. The van der Waals surface area contributed by atoms with E-state index in [4.69, 9.17) is 4.74 Å². The van der Waals surface area contributed by atoms with Crippen molar-refractivity contribution in [3.05, 3.63) is 78.6 Å². The van der Waals surface area contributed by atoms with Crippen LogP contribution in [0.2, 0.25) is 0 Å². The summed E-state index contributed by atoms with van der Waals surface area (Å²) in [5.41, 5.74) is 1.33. The number of halogens is 1. The van der Waals surface area contributed by atoms with Crippen molar-refractivity contribution in [2.45, 2.75) is 24.7 Å². The molecule has 1 fully saturated rings. The molecule has 2 amide bonds. The predicted octanol–water partition coefficient (Wildman–Crippen LogP) is 4.19. The van der Waals surface area contributed by atoms with Gasteiger partial charge >= 0.3 is 0 Å². The van der Waals surface area contributed by atoms with Gasteiger partial charge in [0.15, 0.2) is 0 Å². The zero-order valence-corrected chi connectivity index (χ0v) is 20.5. The highest BCUT2D eigenvalue weighted by molar-refractivity contribution is 7.92. The zero-order chi connectivity index (χ0) is 25.7. The SMILES string of the molecule is CCOc1ccc(S(=O)(=O)N(CC(=O)Nc2ccc(N3CCCC3=O)cc2)c2ccc(F)cc2)cc1.